The van der Waals surface area contributed by atoms with E-state index in [0.717, 1.165) is 6.07 Å². The molecule has 1 aromatic heterocycles. The molecule has 1 atom stereocenters. The van der Waals surface area contributed by atoms with Gasteiger partial charge in [-0.05, 0) is 37.3 Å². The fourth-order valence-corrected chi connectivity index (χ4v) is 3.67. The zero-order chi connectivity index (χ0) is 18.4. The topological polar surface area (TPSA) is 118 Å². The average molecular weight is 368 g/mol. The van der Waals surface area contributed by atoms with E-state index < -0.39 is 22.0 Å². The first-order valence-corrected chi connectivity index (χ1v) is 8.96. The number of rotatable bonds is 9. The van der Waals surface area contributed by atoms with E-state index in [1.54, 1.807) is 19.1 Å². The van der Waals surface area contributed by atoms with Crippen molar-refractivity contribution in [2.24, 2.45) is 0 Å². The van der Waals surface area contributed by atoms with Gasteiger partial charge in [-0.25, -0.2) is 17.9 Å². The van der Waals surface area contributed by atoms with E-state index in [9.17, 15) is 13.2 Å². The maximum atomic E-state index is 12.7. The van der Waals surface area contributed by atoms with Crippen LogP contribution in [0.15, 0.2) is 45.9 Å². The van der Waals surface area contributed by atoms with Crippen LogP contribution in [0.2, 0.25) is 0 Å². The molecular weight excluding hydrogens is 348 g/mol. The Morgan fingerprint density at radius 1 is 1.36 bits per heavy atom. The van der Waals surface area contributed by atoms with Crippen LogP contribution in [0.5, 0.6) is 0 Å². The molecule has 0 aliphatic rings. The van der Waals surface area contributed by atoms with Gasteiger partial charge in [-0.1, -0.05) is 0 Å². The number of anilines is 1. The van der Waals surface area contributed by atoms with Crippen LogP contribution in [0.3, 0.4) is 0 Å². The number of hydrogen-bond donors (Lipinski definition) is 3. The van der Waals surface area contributed by atoms with Crippen LogP contribution >= 0.6 is 0 Å². The average Bonchev–Trinajstić information content (AvgIpc) is 3.05. The molecule has 2 rings (SSSR count). The van der Waals surface area contributed by atoms with Crippen LogP contribution in [0.4, 0.5) is 5.69 Å². The molecule has 9 heteroatoms. The van der Waals surface area contributed by atoms with E-state index in [1.807, 2.05) is 0 Å². The first-order valence-electron chi connectivity index (χ1n) is 7.48. The molecule has 25 heavy (non-hydrogen) atoms. The van der Waals surface area contributed by atoms with Gasteiger partial charge in [-0.2, -0.15) is 0 Å². The number of furan rings is 1. The van der Waals surface area contributed by atoms with E-state index in [2.05, 4.69) is 10.0 Å². The molecule has 0 aliphatic carbocycles. The van der Waals surface area contributed by atoms with Crippen molar-refractivity contribution in [3.8, 4) is 0 Å². The fourth-order valence-electron chi connectivity index (χ4n) is 2.23. The van der Waals surface area contributed by atoms with Crippen molar-refractivity contribution in [1.82, 2.24) is 4.72 Å². The van der Waals surface area contributed by atoms with Crippen molar-refractivity contribution in [2.75, 3.05) is 19.0 Å². The third kappa shape index (κ3) is 5.05. The lowest BCUT2D eigenvalue weighted by atomic mass is 10.2. The SMILES string of the molecule is COCC(C)NS(=O)(=O)c1cc(C(=O)O)ccc1NCc1ccco1. The summed E-state index contributed by atoms with van der Waals surface area (Å²) in [6.45, 7) is 2.10. The summed E-state index contributed by atoms with van der Waals surface area (Å²) in [4.78, 5) is 11.0. The highest BCUT2D eigenvalue weighted by molar-refractivity contribution is 7.89. The summed E-state index contributed by atoms with van der Waals surface area (Å²) in [5, 5.41) is 12.1. The minimum Gasteiger partial charge on any atom is -0.478 e. The predicted molar refractivity (Wildman–Crippen MR) is 91.1 cm³/mol. The molecule has 0 aliphatic heterocycles. The quantitative estimate of drug-likeness (QED) is 0.619. The van der Waals surface area contributed by atoms with Crippen LogP contribution in [0.25, 0.3) is 0 Å². The van der Waals surface area contributed by atoms with Crippen LogP contribution in [0, 0.1) is 0 Å². The Bertz CT molecular complexity index is 817. The highest BCUT2D eigenvalue weighted by Crippen LogP contribution is 2.24. The number of nitrogens with one attached hydrogen (secondary N) is 2. The molecule has 8 nitrogen and oxygen atoms in total. The Morgan fingerprint density at radius 2 is 2.12 bits per heavy atom. The predicted octanol–water partition coefficient (Wildman–Crippen LogP) is 1.90. The summed E-state index contributed by atoms with van der Waals surface area (Å²) in [7, 11) is -2.48. The number of benzene rings is 1. The second kappa shape index (κ2) is 8.15. The van der Waals surface area contributed by atoms with Gasteiger partial charge in [0, 0.05) is 13.2 Å². The Hall–Kier alpha value is -2.36. The number of ether oxygens (including phenoxy) is 1. The summed E-state index contributed by atoms with van der Waals surface area (Å²) in [6, 6.07) is 6.87. The third-order valence-corrected chi connectivity index (χ3v) is 4.95. The second-order valence-electron chi connectivity index (χ2n) is 5.43. The minimum atomic E-state index is -3.95. The number of methoxy groups -OCH3 is 1. The third-order valence-electron chi connectivity index (χ3n) is 3.32. The fraction of sp³-hybridized carbons (Fsp3) is 0.312. The molecule has 136 valence electrons. The summed E-state index contributed by atoms with van der Waals surface area (Å²) < 4.78 is 37.9. The smallest absolute Gasteiger partial charge is 0.335 e. The molecule has 0 amide bonds. The lowest BCUT2D eigenvalue weighted by molar-refractivity contribution is 0.0696. The molecule has 0 spiro atoms. The molecule has 0 saturated heterocycles. The molecule has 0 radical (unpaired) electrons. The Labute approximate surface area is 145 Å². The van der Waals surface area contributed by atoms with Crippen molar-refractivity contribution in [1.29, 1.82) is 0 Å². The monoisotopic (exact) mass is 368 g/mol. The van der Waals surface area contributed by atoms with Gasteiger partial charge in [0.05, 0.1) is 30.7 Å². The number of hydrogen-bond acceptors (Lipinski definition) is 6. The van der Waals surface area contributed by atoms with Crippen molar-refractivity contribution < 1.29 is 27.5 Å². The molecule has 0 fully saturated rings. The Balaban J connectivity index is 2.33. The normalized spacial score (nSPS) is 12.7. The number of carboxylic acids is 1. The van der Waals surface area contributed by atoms with E-state index in [4.69, 9.17) is 14.3 Å². The van der Waals surface area contributed by atoms with Gasteiger partial charge in [0.1, 0.15) is 10.7 Å². The molecule has 3 N–H and O–H groups in total. The van der Waals surface area contributed by atoms with Gasteiger partial charge >= 0.3 is 5.97 Å². The lowest BCUT2D eigenvalue weighted by Gasteiger charge is -2.17. The summed E-state index contributed by atoms with van der Waals surface area (Å²) in [6.07, 6.45) is 1.51. The number of carboxylic acid groups (broad SMARTS) is 1. The van der Waals surface area contributed by atoms with Crippen LogP contribution in [-0.2, 0) is 21.3 Å². The molecule has 1 heterocycles. The van der Waals surface area contributed by atoms with Crippen molar-refractivity contribution in [3.63, 3.8) is 0 Å². The van der Waals surface area contributed by atoms with Gasteiger partial charge in [0.25, 0.3) is 0 Å². The number of sulfonamides is 1. The summed E-state index contributed by atoms with van der Waals surface area (Å²) in [5.41, 5.74) is 0.154. The molecule has 0 saturated carbocycles. The lowest BCUT2D eigenvalue weighted by Crippen LogP contribution is -2.36. The Morgan fingerprint density at radius 3 is 2.72 bits per heavy atom. The molecule has 2 aromatic rings. The molecule has 1 unspecified atom stereocenters. The number of carbonyl (C=O) groups is 1. The van der Waals surface area contributed by atoms with E-state index in [-0.39, 0.29) is 29.3 Å². The van der Waals surface area contributed by atoms with Gasteiger partial charge in [0.2, 0.25) is 10.0 Å². The maximum absolute atomic E-state index is 12.7. The minimum absolute atomic E-state index is 0.122. The van der Waals surface area contributed by atoms with Crippen LogP contribution in [0.1, 0.15) is 23.0 Å². The van der Waals surface area contributed by atoms with Gasteiger partial charge in [-0.15, -0.1) is 0 Å². The summed E-state index contributed by atoms with van der Waals surface area (Å²) in [5.74, 6) is -0.592. The van der Waals surface area contributed by atoms with E-state index in [0.29, 0.717) is 5.76 Å². The van der Waals surface area contributed by atoms with E-state index in [1.165, 1.54) is 25.5 Å². The first kappa shape index (κ1) is 19.0. The van der Waals surface area contributed by atoms with Gasteiger partial charge < -0.3 is 19.6 Å². The highest BCUT2D eigenvalue weighted by Gasteiger charge is 2.23. The molecular formula is C16H20N2O6S. The zero-order valence-corrected chi connectivity index (χ0v) is 14.7. The van der Waals surface area contributed by atoms with Gasteiger partial charge in [-0.3, -0.25) is 0 Å². The maximum Gasteiger partial charge on any atom is 0.335 e. The van der Waals surface area contributed by atoms with Crippen LogP contribution in [-0.4, -0.2) is 39.3 Å². The van der Waals surface area contributed by atoms with Crippen molar-refractivity contribution in [3.05, 3.63) is 47.9 Å². The second-order valence-corrected chi connectivity index (χ2v) is 7.11. The Kier molecular flexibility index (Phi) is 6.18. The van der Waals surface area contributed by atoms with Gasteiger partial charge in [0.15, 0.2) is 0 Å². The van der Waals surface area contributed by atoms with Crippen molar-refractivity contribution >= 4 is 21.7 Å². The van der Waals surface area contributed by atoms with E-state index >= 15 is 0 Å². The standard InChI is InChI=1S/C16H20N2O6S/c1-11(10-23-2)18-25(21,22)15-8-12(16(19)20)5-6-14(15)17-9-13-4-3-7-24-13/h3-8,11,17-18H,9-10H2,1-2H3,(H,19,20). The van der Waals surface area contributed by atoms with Crippen molar-refractivity contribution in [2.45, 2.75) is 24.4 Å². The highest BCUT2D eigenvalue weighted by atomic mass is 32.2. The number of aromatic carboxylic acids is 1. The first-order chi connectivity index (χ1) is 11.8. The molecule has 1 aromatic carbocycles. The zero-order valence-electron chi connectivity index (χ0n) is 13.9. The van der Waals surface area contributed by atoms with Crippen LogP contribution < -0.4 is 10.0 Å². The summed E-state index contributed by atoms with van der Waals surface area (Å²) >= 11 is 0. The largest absolute Gasteiger partial charge is 0.478 e. The molecule has 0 bridgehead atoms.